The highest BCUT2D eigenvalue weighted by molar-refractivity contribution is 7.90. The van der Waals surface area contributed by atoms with E-state index in [2.05, 4.69) is 46.3 Å². The van der Waals surface area contributed by atoms with E-state index in [1.807, 2.05) is 37.3 Å². The molecule has 37 heavy (non-hydrogen) atoms. The summed E-state index contributed by atoms with van der Waals surface area (Å²) in [4.78, 5) is 13.6. The van der Waals surface area contributed by atoms with Crippen LogP contribution in [0.2, 0.25) is 16.6 Å². The van der Waals surface area contributed by atoms with E-state index in [0.717, 1.165) is 11.1 Å². The van der Waals surface area contributed by atoms with Crippen LogP contribution in [0.25, 0.3) is 0 Å². The number of amides is 1. The van der Waals surface area contributed by atoms with Gasteiger partial charge < -0.3 is 9.53 Å². The summed E-state index contributed by atoms with van der Waals surface area (Å²) in [5.74, 6) is -0.720. The van der Waals surface area contributed by atoms with Gasteiger partial charge in [0.15, 0.2) is 0 Å². The zero-order valence-corrected chi connectivity index (χ0v) is 25.2. The second-order valence-electron chi connectivity index (χ2n) is 10.7. The summed E-state index contributed by atoms with van der Waals surface area (Å²) in [7, 11) is -6.64. The molecular formula is C29H43NO5SSi. The summed E-state index contributed by atoms with van der Waals surface area (Å²) in [5, 5.41) is 10.7. The summed E-state index contributed by atoms with van der Waals surface area (Å²) in [5.41, 5.74) is 2.84. The number of rotatable bonds is 12. The van der Waals surface area contributed by atoms with Gasteiger partial charge in [-0.05, 0) is 60.2 Å². The lowest BCUT2D eigenvalue weighted by Crippen LogP contribution is -2.54. The first-order valence-electron chi connectivity index (χ1n) is 12.9. The molecule has 0 fully saturated rings. The van der Waals surface area contributed by atoms with Crippen LogP contribution in [0.5, 0.6) is 0 Å². The van der Waals surface area contributed by atoms with Crippen molar-refractivity contribution in [1.82, 2.24) is 4.72 Å². The minimum Gasteiger partial charge on any atom is -0.401 e. The van der Waals surface area contributed by atoms with Crippen LogP contribution in [0.1, 0.15) is 72.1 Å². The van der Waals surface area contributed by atoms with Gasteiger partial charge in [0.25, 0.3) is 15.9 Å². The number of carbonyl (C=O) groups is 1. The highest BCUT2D eigenvalue weighted by Gasteiger charge is 2.48. The molecule has 0 heterocycles. The Labute approximate surface area is 224 Å². The Kier molecular flexibility index (Phi) is 10.9. The number of hydrogen-bond acceptors (Lipinski definition) is 5. The van der Waals surface area contributed by atoms with E-state index >= 15 is 0 Å². The van der Waals surface area contributed by atoms with Crippen molar-refractivity contribution in [2.24, 2.45) is 0 Å². The second kappa shape index (κ2) is 13.0. The van der Waals surface area contributed by atoms with Crippen LogP contribution >= 0.6 is 0 Å². The van der Waals surface area contributed by atoms with E-state index in [-0.39, 0.29) is 27.9 Å². The number of aliphatic hydroxyl groups excluding tert-OH is 1. The van der Waals surface area contributed by atoms with Crippen molar-refractivity contribution in [3.8, 4) is 0 Å². The van der Waals surface area contributed by atoms with Crippen LogP contribution in [-0.4, -0.2) is 33.9 Å². The highest BCUT2D eigenvalue weighted by Crippen LogP contribution is 2.43. The van der Waals surface area contributed by atoms with Gasteiger partial charge in [-0.2, -0.15) is 0 Å². The normalized spacial score (nSPS) is 14.8. The summed E-state index contributed by atoms with van der Waals surface area (Å²) in [6, 6.07) is 15.6. The van der Waals surface area contributed by atoms with E-state index in [1.54, 1.807) is 25.1 Å². The van der Waals surface area contributed by atoms with Crippen molar-refractivity contribution < 1.29 is 22.7 Å². The topological polar surface area (TPSA) is 92.7 Å². The lowest BCUT2D eigenvalue weighted by molar-refractivity contribution is -0.125. The summed E-state index contributed by atoms with van der Waals surface area (Å²) >= 11 is 0. The molecule has 0 aliphatic rings. The molecular weight excluding hydrogens is 502 g/mol. The Morgan fingerprint density at radius 3 is 1.95 bits per heavy atom. The molecule has 2 aromatic carbocycles. The predicted octanol–water partition coefficient (Wildman–Crippen LogP) is 6.43. The zero-order valence-electron chi connectivity index (χ0n) is 23.4. The van der Waals surface area contributed by atoms with Crippen molar-refractivity contribution in [3.05, 3.63) is 77.4 Å². The van der Waals surface area contributed by atoms with Crippen LogP contribution in [0.15, 0.2) is 71.1 Å². The fraction of sp³-hybridized carbons (Fsp3) is 0.483. The molecule has 8 heteroatoms. The molecule has 0 aromatic heterocycles. The molecule has 0 aliphatic heterocycles. The monoisotopic (exact) mass is 545 g/mol. The minimum absolute atomic E-state index is 0.0198. The van der Waals surface area contributed by atoms with Gasteiger partial charge in [0, 0.05) is 0 Å². The van der Waals surface area contributed by atoms with Gasteiger partial charge in [-0.15, -0.1) is 0 Å². The van der Waals surface area contributed by atoms with Crippen LogP contribution in [-0.2, 0) is 19.2 Å². The van der Waals surface area contributed by atoms with Crippen LogP contribution < -0.4 is 4.72 Å². The van der Waals surface area contributed by atoms with E-state index < -0.39 is 36.5 Å². The number of sulfonamides is 1. The first kappa shape index (κ1) is 31.0. The number of hydrogen-bond donors (Lipinski definition) is 2. The average Bonchev–Trinajstić information content (AvgIpc) is 2.82. The van der Waals surface area contributed by atoms with E-state index in [1.165, 1.54) is 12.1 Å². The molecule has 0 unspecified atom stereocenters. The molecule has 0 bridgehead atoms. The van der Waals surface area contributed by atoms with Gasteiger partial charge in [0.1, 0.15) is 6.10 Å². The lowest BCUT2D eigenvalue weighted by atomic mass is 10.0. The molecule has 2 aromatic rings. The molecule has 2 rings (SSSR count). The van der Waals surface area contributed by atoms with E-state index in [0.29, 0.717) is 5.57 Å². The Balaban J connectivity index is 2.45. The molecule has 0 saturated carbocycles. The molecule has 0 radical (unpaired) electrons. The molecule has 0 spiro atoms. The molecule has 1 amide bonds. The van der Waals surface area contributed by atoms with Gasteiger partial charge in [-0.25, -0.2) is 13.1 Å². The quantitative estimate of drug-likeness (QED) is 0.237. The number of aryl methyl sites for hydroxylation is 1. The van der Waals surface area contributed by atoms with E-state index in [9.17, 15) is 18.3 Å². The maximum absolute atomic E-state index is 13.6. The average molecular weight is 546 g/mol. The lowest BCUT2D eigenvalue weighted by Gasteiger charge is -2.44. The van der Waals surface area contributed by atoms with E-state index in [4.69, 9.17) is 4.43 Å². The fourth-order valence-electron chi connectivity index (χ4n) is 5.14. The third-order valence-electron chi connectivity index (χ3n) is 7.09. The number of aliphatic hydroxyl groups is 1. The summed E-state index contributed by atoms with van der Waals surface area (Å²) in [6.07, 6.45) is 0.203. The predicted molar refractivity (Wildman–Crippen MR) is 152 cm³/mol. The largest absolute Gasteiger partial charge is 0.401 e. The fourth-order valence-corrected chi connectivity index (χ4v) is 11.6. The van der Waals surface area contributed by atoms with Crippen LogP contribution in [0.3, 0.4) is 0 Å². The smallest absolute Gasteiger partial charge is 0.265 e. The molecule has 6 nitrogen and oxygen atoms in total. The van der Waals surface area contributed by atoms with Crippen LogP contribution in [0.4, 0.5) is 0 Å². The number of carbonyl (C=O) groups excluding carboxylic acids is 1. The van der Waals surface area contributed by atoms with Crippen molar-refractivity contribution in [1.29, 1.82) is 0 Å². The number of nitrogens with one attached hydrogen (secondary N) is 1. The van der Waals surface area contributed by atoms with Crippen molar-refractivity contribution in [2.45, 2.75) is 95.5 Å². The Hall–Kier alpha value is -2.26. The molecule has 0 aliphatic carbocycles. The number of benzene rings is 2. The highest BCUT2D eigenvalue weighted by atomic mass is 32.2. The minimum atomic E-state index is -4.09. The Bertz CT molecular complexity index is 1140. The van der Waals surface area contributed by atoms with Crippen molar-refractivity contribution >= 4 is 24.2 Å². The summed E-state index contributed by atoms with van der Waals surface area (Å²) in [6.45, 7) is 16.3. The molecule has 0 saturated heterocycles. The molecule has 2 atom stereocenters. The van der Waals surface area contributed by atoms with Crippen LogP contribution in [0, 0.1) is 6.92 Å². The molecule has 204 valence electrons. The first-order valence-corrected chi connectivity index (χ1v) is 16.6. The van der Waals surface area contributed by atoms with Crippen molar-refractivity contribution in [3.63, 3.8) is 0 Å². The van der Waals surface area contributed by atoms with Gasteiger partial charge in [0.05, 0.1) is 11.0 Å². The van der Waals surface area contributed by atoms with Gasteiger partial charge >= 0.3 is 0 Å². The SMILES string of the molecule is C/C(=C/C[C@H](O)c1ccccc1)[C@@H](O[Si](C(C)C)(C(C)C)C(C)C)C(=O)NS(=O)(=O)c1ccc(C)cc1. The van der Waals surface area contributed by atoms with Gasteiger partial charge in [0.2, 0.25) is 8.32 Å². The third-order valence-corrected chi connectivity index (χ3v) is 14.5. The van der Waals surface area contributed by atoms with Crippen molar-refractivity contribution in [2.75, 3.05) is 0 Å². The maximum Gasteiger partial charge on any atom is 0.265 e. The molecule has 2 N–H and O–H groups in total. The summed E-state index contributed by atoms with van der Waals surface area (Å²) < 4.78 is 35.2. The Morgan fingerprint density at radius 1 is 0.946 bits per heavy atom. The standard InChI is InChI=1S/C29H43NO5SSi/c1-20(2)37(21(3)4,22(5)6)35-28(24(8)16-19-27(31)25-12-10-9-11-13-25)29(32)30-36(33,34)26-17-14-23(7)15-18-26/h9-18,20-22,27-28,31H,19H2,1-8H3,(H,30,32)/b24-16-/t27-,28+/m0/s1. The van der Waals surface area contributed by atoms with Gasteiger partial charge in [-0.3, -0.25) is 4.79 Å². The maximum atomic E-state index is 13.6. The Morgan fingerprint density at radius 2 is 1.46 bits per heavy atom. The third kappa shape index (κ3) is 7.63. The zero-order chi connectivity index (χ0) is 28.0. The first-order chi connectivity index (χ1) is 17.2. The van der Waals surface area contributed by atoms with Gasteiger partial charge in [-0.1, -0.05) is 95.6 Å². The second-order valence-corrected chi connectivity index (χ2v) is 17.8.